The largest absolute Gasteiger partial charge is 0.465 e. The van der Waals surface area contributed by atoms with Gasteiger partial charge in [0.15, 0.2) is 5.82 Å². The van der Waals surface area contributed by atoms with Crippen LogP contribution in [0.3, 0.4) is 0 Å². The van der Waals surface area contributed by atoms with Gasteiger partial charge in [-0.15, -0.1) is 0 Å². The molecule has 0 bridgehead atoms. The number of halogens is 2. The highest BCUT2D eigenvalue weighted by atomic mass is 35.5. The Morgan fingerprint density at radius 1 is 1.44 bits per heavy atom. The monoisotopic (exact) mass is 240 g/mol. The molecular weight excluding hydrogens is 235 g/mol. The summed E-state index contributed by atoms with van der Waals surface area (Å²) in [4.78, 5) is 18.8. The zero-order chi connectivity index (χ0) is 11.7. The van der Waals surface area contributed by atoms with E-state index >= 15 is 0 Å². The normalized spacial score (nSPS) is 10.4. The quantitative estimate of drug-likeness (QED) is 0.717. The molecule has 2 aromatic heterocycles. The zero-order valence-corrected chi connectivity index (χ0v) is 8.95. The Hall–Kier alpha value is -1.75. The van der Waals surface area contributed by atoms with E-state index in [0.29, 0.717) is 0 Å². The number of hydrogen-bond acceptors (Lipinski definition) is 4. The molecule has 0 N–H and O–H groups in total. The second kappa shape index (κ2) is 4.02. The van der Waals surface area contributed by atoms with E-state index in [1.807, 2.05) is 0 Å². The molecule has 82 valence electrons. The molecule has 0 aliphatic rings. The van der Waals surface area contributed by atoms with Crippen LogP contribution in [-0.4, -0.2) is 23.0 Å². The van der Waals surface area contributed by atoms with Crippen molar-refractivity contribution < 1.29 is 13.9 Å². The highest BCUT2D eigenvalue weighted by molar-refractivity contribution is 6.38. The number of pyridine rings is 2. The Labute approximate surface area is 95.0 Å². The summed E-state index contributed by atoms with van der Waals surface area (Å²) in [5.41, 5.74) is 0.164. The molecule has 0 spiro atoms. The number of carbonyl (C=O) groups is 1. The average molecular weight is 241 g/mol. The molecule has 0 aromatic carbocycles. The fraction of sp³-hybridized carbons (Fsp3) is 0.100. The maximum absolute atomic E-state index is 13.3. The maximum Gasteiger partial charge on any atom is 0.340 e. The lowest BCUT2D eigenvalue weighted by Gasteiger charge is -2.05. The molecule has 0 radical (unpaired) electrons. The van der Waals surface area contributed by atoms with Crippen LogP contribution in [0.25, 0.3) is 10.9 Å². The minimum absolute atomic E-state index is 0.0765. The van der Waals surface area contributed by atoms with Gasteiger partial charge >= 0.3 is 5.97 Å². The lowest BCUT2D eigenvalue weighted by atomic mass is 10.2. The van der Waals surface area contributed by atoms with Gasteiger partial charge in [-0.1, -0.05) is 11.6 Å². The molecule has 0 fully saturated rings. The van der Waals surface area contributed by atoms with Gasteiger partial charge in [0.05, 0.1) is 23.9 Å². The molecule has 0 unspecified atom stereocenters. The molecule has 2 rings (SSSR count). The van der Waals surface area contributed by atoms with Crippen molar-refractivity contribution >= 4 is 28.5 Å². The van der Waals surface area contributed by atoms with Crippen molar-refractivity contribution in [3.8, 4) is 0 Å². The molecule has 0 aliphatic carbocycles. The number of ether oxygens (including phenoxy) is 1. The predicted octanol–water partition coefficient (Wildman–Crippen LogP) is 2.21. The van der Waals surface area contributed by atoms with Crippen LogP contribution in [0.15, 0.2) is 18.6 Å². The minimum atomic E-state index is -0.622. The highest BCUT2D eigenvalue weighted by Gasteiger charge is 2.15. The van der Waals surface area contributed by atoms with Crippen molar-refractivity contribution in [1.29, 1.82) is 0 Å². The van der Waals surface area contributed by atoms with Gasteiger partial charge in [-0.25, -0.2) is 9.18 Å². The summed E-state index contributed by atoms with van der Waals surface area (Å²) >= 11 is 5.94. The zero-order valence-electron chi connectivity index (χ0n) is 8.20. The van der Waals surface area contributed by atoms with E-state index < -0.39 is 11.8 Å². The van der Waals surface area contributed by atoms with E-state index in [2.05, 4.69) is 14.7 Å². The van der Waals surface area contributed by atoms with Crippen LogP contribution in [0, 0.1) is 5.82 Å². The third-order valence-electron chi connectivity index (χ3n) is 2.07. The second-order valence-electron chi connectivity index (χ2n) is 2.99. The van der Waals surface area contributed by atoms with Gasteiger partial charge in [0.2, 0.25) is 0 Å². The lowest BCUT2D eigenvalue weighted by Crippen LogP contribution is -2.03. The number of fused-ring (bicyclic) bond motifs is 1. The number of rotatable bonds is 1. The van der Waals surface area contributed by atoms with Gasteiger partial charge in [-0.3, -0.25) is 9.97 Å². The molecule has 0 amide bonds. The summed E-state index contributed by atoms with van der Waals surface area (Å²) in [6.07, 6.45) is 3.56. The molecule has 0 aliphatic heterocycles. The van der Waals surface area contributed by atoms with Crippen LogP contribution in [0.5, 0.6) is 0 Å². The van der Waals surface area contributed by atoms with Crippen molar-refractivity contribution in [3.05, 3.63) is 35.0 Å². The minimum Gasteiger partial charge on any atom is -0.465 e. The number of methoxy groups -OCH3 is 1. The van der Waals surface area contributed by atoms with Gasteiger partial charge in [0, 0.05) is 17.8 Å². The highest BCUT2D eigenvalue weighted by Crippen LogP contribution is 2.26. The first kappa shape index (κ1) is 10.8. The van der Waals surface area contributed by atoms with E-state index in [4.69, 9.17) is 11.6 Å². The number of aromatic nitrogens is 2. The Balaban J connectivity index is 2.75. The summed E-state index contributed by atoms with van der Waals surface area (Å²) in [7, 11) is 1.23. The SMILES string of the molecule is COC(=O)c1cnc2c(F)cncc2c1Cl. The maximum atomic E-state index is 13.3. The molecule has 2 aromatic rings. The van der Waals surface area contributed by atoms with E-state index in [1.54, 1.807) is 0 Å². The molecular formula is C10H6ClFN2O2. The lowest BCUT2D eigenvalue weighted by molar-refractivity contribution is 0.0600. The van der Waals surface area contributed by atoms with E-state index in [1.165, 1.54) is 19.5 Å². The van der Waals surface area contributed by atoms with Crippen molar-refractivity contribution in [2.45, 2.75) is 0 Å². The van der Waals surface area contributed by atoms with Crippen LogP contribution in [0.4, 0.5) is 4.39 Å². The van der Waals surface area contributed by atoms with Gasteiger partial charge in [0.1, 0.15) is 5.52 Å². The first-order valence-electron chi connectivity index (χ1n) is 4.31. The van der Waals surface area contributed by atoms with Crippen molar-refractivity contribution in [1.82, 2.24) is 9.97 Å². The fourth-order valence-electron chi connectivity index (χ4n) is 1.30. The Kier molecular flexibility index (Phi) is 2.70. The van der Waals surface area contributed by atoms with Crippen LogP contribution < -0.4 is 0 Å². The second-order valence-corrected chi connectivity index (χ2v) is 3.37. The van der Waals surface area contributed by atoms with Crippen molar-refractivity contribution in [2.75, 3.05) is 7.11 Å². The summed E-state index contributed by atoms with van der Waals surface area (Å²) in [6, 6.07) is 0. The molecule has 6 heteroatoms. The smallest absolute Gasteiger partial charge is 0.340 e. The fourth-order valence-corrected chi connectivity index (χ4v) is 1.57. The van der Waals surface area contributed by atoms with Crippen LogP contribution in [-0.2, 0) is 4.74 Å². The summed E-state index contributed by atoms with van der Waals surface area (Å²) in [6.45, 7) is 0. The van der Waals surface area contributed by atoms with E-state index in [0.717, 1.165) is 6.20 Å². The molecule has 16 heavy (non-hydrogen) atoms. The Bertz CT molecular complexity index is 574. The molecule has 0 atom stereocenters. The van der Waals surface area contributed by atoms with E-state index in [9.17, 15) is 9.18 Å². The molecule has 0 saturated heterocycles. The standard InChI is InChI=1S/C10H6ClFN2O2/c1-16-10(15)6-3-14-9-5(8(6)11)2-13-4-7(9)12/h2-4H,1H3. The first-order chi connectivity index (χ1) is 7.65. The van der Waals surface area contributed by atoms with Gasteiger partial charge in [-0.05, 0) is 0 Å². The topological polar surface area (TPSA) is 52.1 Å². The van der Waals surface area contributed by atoms with Crippen LogP contribution in [0.2, 0.25) is 5.02 Å². The first-order valence-corrected chi connectivity index (χ1v) is 4.69. The summed E-state index contributed by atoms with van der Waals surface area (Å²) in [5.74, 6) is -1.21. The van der Waals surface area contributed by atoms with Crippen molar-refractivity contribution in [3.63, 3.8) is 0 Å². The van der Waals surface area contributed by atoms with Crippen LogP contribution in [0.1, 0.15) is 10.4 Å². The summed E-state index contributed by atoms with van der Waals surface area (Å²) < 4.78 is 17.8. The van der Waals surface area contributed by atoms with Crippen molar-refractivity contribution in [2.24, 2.45) is 0 Å². The van der Waals surface area contributed by atoms with Gasteiger partial charge < -0.3 is 4.74 Å². The molecule has 2 heterocycles. The van der Waals surface area contributed by atoms with Crippen LogP contribution >= 0.6 is 11.6 Å². The number of carbonyl (C=O) groups excluding carboxylic acids is 1. The number of nitrogens with zero attached hydrogens (tertiary/aromatic N) is 2. The Morgan fingerprint density at radius 2 is 2.19 bits per heavy atom. The summed E-state index contributed by atoms with van der Waals surface area (Å²) in [5, 5.41) is 0.369. The molecule has 0 saturated carbocycles. The average Bonchev–Trinajstić information content (AvgIpc) is 2.30. The Morgan fingerprint density at radius 3 is 2.88 bits per heavy atom. The third kappa shape index (κ3) is 1.59. The molecule has 4 nitrogen and oxygen atoms in total. The third-order valence-corrected chi connectivity index (χ3v) is 2.48. The van der Waals surface area contributed by atoms with Gasteiger partial charge in [-0.2, -0.15) is 0 Å². The predicted molar refractivity (Wildman–Crippen MR) is 55.8 cm³/mol. The van der Waals surface area contributed by atoms with Gasteiger partial charge in [0.25, 0.3) is 0 Å². The van der Waals surface area contributed by atoms with E-state index in [-0.39, 0.29) is 21.5 Å². The number of hydrogen-bond donors (Lipinski definition) is 0. The number of esters is 1.